The minimum absolute atomic E-state index is 0.259. The molecule has 0 spiro atoms. The van der Waals surface area contributed by atoms with E-state index < -0.39 is 0 Å². The summed E-state index contributed by atoms with van der Waals surface area (Å²) < 4.78 is 0. The van der Waals surface area contributed by atoms with Gasteiger partial charge in [0.25, 0.3) is 0 Å². The number of allylic oxidation sites excluding steroid dienone is 1. The van der Waals surface area contributed by atoms with Crippen LogP contribution in [0.3, 0.4) is 0 Å². The van der Waals surface area contributed by atoms with Crippen molar-refractivity contribution in [1.29, 1.82) is 5.26 Å². The number of benzene rings is 1. The number of nitrogens with zero attached hydrogens (tertiary/aromatic N) is 1. The lowest BCUT2D eigenvalue weighted by Crippen LogP contribution is -1.76. The van der Waals surface area contributed by atoms with Crippen molar-refractivity contribution < 1.29 is 5.11 Å². The van der Waals surface area contributed by atoms with Gasteiger partial charge in [-0.05, 0) is 30.2 Å². The second-order valence-electron chi connectivity index (χ2n) is 2.51. The van der Waals surface area contributed by atoms with Crippen LogP contribution in [0, 0.1) is 18.3 Å². The molecule has 0 bridgehead atoms. The van der Waals surface area contributed by atoms with Crippen LogP contribution in [-0.4, -0.2) is 5.11 Å². The predicted octanol–water partition coefficient (Wildman–Crippen LogP) is 2.24. The van der Waals surface area contributed by atoms with E-state index in [1.807, 2.05) is 25.1 Å². The second-order valence-corrected chi connectivity index (χ2v) is 2.51. The van der Waals surface area contributed by atoms with Crippen LogP contribution in [0.2, 0.25) is 0 Å². The van der Waals surface area contributed by atoms with Gasteiger partial charge in [0.05, 0.1) is 6.07 Å². The van der Waals surface area contributed by atoms with Crippen molar-refractivity contribution in [2.24, 2.45) is 0 Å². The van der Waals surface area contributed by atoms with Crippen molar-refractivity contribution in [1.82, 2.24) is 0 Å². The Kier molecular flexibility index (Phi) is 2.49. The van der Waals surface area contributed by atoms with Crippen LogP contribution in [0.25, 0.3) is 6.08 Å². The van der Waals surface area contributed by atoms with Crippen LogP contribution in [0.15, 0.2) is 24.3 Å². The fraction of sp³-hybridized carbons (Fsp3) is 0.100. The summed E-state index contributed by atoms with van der Waals surface area (Å²) in [6.45, 7) is 1.83. The highest BCUT2D eigenvalue weighted by Gasteiger charge is 1.94. The molecule has 0 saturated carbocycles. The molecule has 0 aliphatic heterocycles. The third kappa shape index (κ3) is 1.86. The van der Waals surface area contributed by atoms with Gasteiger partial charge >= 0.3 is 0 Å². The summed E-state index contributed by atoms with van der Waals surface area (Å²) in [5.74, 6) is 0.259. The van der Waals surface area contributed by atoms with Gasteiger partial charge in [-0.15, -0.1) is 0 Å². The molecule has 0 aromatic heterocycles. The third-order valence-electron chi connectivity index (χ3n) is 1.58. The summed E-state index contributed by atoms with van der Waals surface area (Å²) >= 11 is 0. The van der Waals surface area contributed by atoms with Crippen LogP contribution in [-0.2, 0) is 0 Å². The summed E-state index contributed by atoms with van der Waals surface area (Å²) in [6, 6.07) is 7.18. The van der Waals surface area contributed by atoms with Gasteiger partial charge in [-0.25, -0.2) is 0 Å². The monoisotopic (exact) mass is 159 g/mol. The van der Waals surface area contributed by atoms with Gasteiger partial charge in [-0.1, -0.05) is 12.1 Å². The van der Waals surface area contributed by atoms with E-state index in [2.05, 4.69) is 0 Å². The first kappa shape index (κ1) is 8.35. The Balaban J connectivity index is 2.99. The summed E-state index contributed by atoms with van der Waals surface area (Å²) in [7, 11) is 0. The highest BCUT2D eigenvalue weighted by molar-refractivity contribution is 5.55. The Morgan fingerprint density at radius 2 is 2.25 bits per heavy atom. The molecule has 0 fully saturated rings. The molecule has 0 aliphatic rings. The summed E-state index contributed by atoms with van der Waals surface area (Å²) in [6.07, 6.45) is 3.03. The van der Waals surface area contributed by atoms with E-state index in [0.717, 1.165) is 11.1 Å². The lowest BCUT2D eigenvalue weighted by atomic mass is 10.1. The largest absolute Gasteiger partial charge is 0.508 e. The van der Waals surface area contributed by atoms with Crippen LogP contribution in [0.1, 0.15) is 11.1 Å². The molecule has 0 atom stereocenters. The fourth-order valence-electron chi connectivity index (χ4n) is 0.864. The maximum atomic E-state index is 9.28. The second kappa shape index (κ2) is 3.59. The minimum Gasteiger partial charge on any atom is -0.508 e. The smallest absolute Gasteiger partial charge is 0.119 e. The first-order valence-corrected chi connectivity index (χ1v) is 3.60. The molecule has 1 N–H and O–H groups in total. The number of rotatable bonds is 1. The molecule has 0 saturated heterocycles. The summed E-state index contributed by atoms with van der Waals surface area (Å²) in [4.78, 5) is 0. The molecule has 0 radical (unpaired) electrons. The number of hydrogen-bond acceptors (Lipinski definition) is 2. The topological polar surface area (TPSA) is 44.0 Å². The maximum absolute atomic E-state index is 9.28. The Bertz CT molecular complexity index is 347. The normalized spacial score (nSPS) is 10.0. The van der Waals surface area contributed by atoms with Gasteiger partial charge in [0, 0.05) is 6.08 Å². The van der Waals surface area contributed by atoms with E-state index in [1.54, 1.807) is 12.1 Å². The maximum Gasteiger partial charge on any atom is 0.119 e. The Morgan fingerprint density at radius 1 is 1.50 bits per heavy atom. The van der Waals surface area contributed by atoms with Gasteiger partial charge in [-0.2, -0.15) is 5.26 Å². The van der Waals surface area contributed by atoms with Crippen LogP contribution in [0.5, 0.6) is 5.75 Å². The zero-order valence-corrected chi connectivity index (χ0v) is 6.78. The van der Waals surface area contributed by atoms with Crippen molar-refractivity contribution in [3.63, 3.8) is 0 Å². The molecule has 12 heavy (non-hydrogen) atoms. The van der Waals surface area contributed by atoms with Crippen molar-refractivity contribution in [3.05, 3.63) is 35.4 Å². The van der Waals surface area contributed by atoms with E-state index >= 15 is 0 Å². The van der Waals surface area contributed by atoms with Gasteiger partial charge < -0.3 is 5.11 Å². The van der Waals surface area contributed by atoms with E-state index in [1.165, 1.54) is 6.08 Å². The standard InChI is InChI=1S/C10H9NO/c1-8-4-5-9(3-2-6-11)7-10(8)12/h2-5,7,12H,1H3. The fourth-order valence-corrected chi connectivity index (χ4v) is 0.864. The molecule has 0 aliphatic carbocycles. The van der Waals surface area contributed by atoms with Crippen molar-refractivity contribution >= 4 is 6.08 Å². The van der Waals surface area contributed by atoms with E-state index in [9.17, 15) is 5.11 Å². The third-order valence-corrected chi connectivity index (χ3v) is 1.58. The number of nitriles is 1. The average molecular weight is 159 g/mol. The zero-order valence-electron chi connectivity index (χ0n) is 6.78. The Morgan fingerprint density at radius 3 is 2.83 bits per heavy atom. The highest BCUT2D eigenvalue weighted by atomic mass is 16.3. The first-order valence-electron chi connectivity index (χ1n) is 3.60. The van der Waals surface area contributed by atoms with Crippen LogP contribution < -0.4 is 0 Å². The zero-order chi connectivity index (χ0) is 8.97. The summed E-state index contributed by atoms with van der Waals surface area (Å²) in [5.41, 5.74) is 1.67. The summed E-state index contributed by atoms with van der Waals surface area (Å²) in [5, 5.41) is 17.5. The predicted molar refractivity (Wildman–Crippen MR) is 47.5 cm³/mol. The molecular formula is C10H9NO. The van der Waals surface area contributed by atoms with Crippen molar-refractivity contribution in [3.8, 4) is 11.8 Å². The molecule has 60 valence electrons. The number of aryl methyl sites for hydroxylation is 1. The van der Waals surface area contributed by atoms with Gasteiger partial charge in [-0.3, -0.25) is 0 Å². The SMILES string of the molecule is Cc1ccc(C=CC#N)cc1O. The molecular weight excluding hydrogens is 150 g/mol. The number of phenols is 1. The average Bonchev–Trinajstić information content (AvgIpc) is 2.07. The van der Waals surface area contributed by atoms with Gasteiger partial charge in [0.1, 0.15) is 5.75 Å². The Hall–Kier alpha value is -1.75. The van der Waals surface area contributed by atoms with Crippen molar-refractivity contribution in [2.45, 2.75) is 6.92 Å². The molecule has 1 aromatic carbocycles. The highest BCUT2D eigenvalue weighted by Crippen LogP contribution is 2.17. The molecule has 2 heteroatoms. The molecule has 1 rings (SSSR count). The molecule has 0 amide bonds. The number of phenolic OH excluding ortho intramolecular Hbond substituents is 1. The number of aromatic hydroxyl groups is 1. The van der Waals surface area contributed by atoms with Gasteiger partial charge in [0.15, 0.2) is 0 Å². The lowest BCUT2D eigenvalue weighted by molar-refractivity contribution is 0.471. The first-order chi connectivity index (χ1) is 5.74. The van der Waals surface area contributed by atoms with E-state index in [4.69, 9.17) is 5.26 Å². The lowest BCUT2D eigenvalue weighted by Gasteiger charge is -1.98. The van der Waals surface area contributed by atoms with Crippen LogP contribution >= 0.6 is 0 Å². The van der Waals surface area contributed by atoms with Crippen molar-refractivity contribution in [2.75, 3.05) is 0 Å². The molecule has 0 heterocycles. The number of hydrogen-bond donors (Lipinski definition) is 1. The molecule has 0 unspecified atom stereocenters. The van der Waals surface area contributed by atoms with E-state index in [0.29, 0.717) is 0 Å². The van der Waals surface area contributed by atoms with Gasteiger partial charge in [0.2, 0.25) is 0 Å². The molecule has 1 aromatic rings. The quantitative estimate of drug-likeness (QED) is 0.638. The van der Waals surface area contributed by atoms with Crippen LogP contribution in [0.4, 0.5) is 0 Å². The van der Waals surface area contributed by atoms with E-state index in [-0.39, 0.29) is 5.75 Å². The Labute approximate surface area is 71.4 Å². The minimum atomic E-state index is 0.259. The molecule has 2 nitrogen and oxygen atoms in total.